The molecule has 2 aromatic rings. The van der Waals surface area contributed by atoms with E-state index in [-0.39, 0.29) is 12.5 Å². The van der Waals surface area contributed by atoms with Crippen LogP contribution in [0.25, 0.3) is 0 Å². The molecule has 22 heavy (non-hydrogen) atoms. The minimum Gasteiger partial charge on any atom is -0.493 e. The van der Waals surface area contributed by atoms with Crippen molar-refractivity contribution in [1.29, 1.82) is 0 Å². The second-order valence-corrected chi connectivity index (χ2v) is 5.05. The molecule has 0 radical (unpaired) electrons. The number of thiazole rings is 1. The minimum absolute atomic E-state index is 0.115. The molecule has 0 aliphatic heterocycles. The van der Waals surface area contributed by atoms with Crippen LogP contribution in [0.4, 0.5) is 10.8 Å². The molecule has 0 saturated heterocycles. The van der Waals surface area contributed by atoms with Crippen LogP contribution in [0.1, 0.15) is 0 Å². The van der Waals surface area contributed by atoms with Crippen molar-refractivity contribution in [3.05, 3.63) is 23.7 Å². The molecule has 1 aromatic heterocycles. The largest absolute Gasteiger partial charge is 0.493 e. The van der Waals surface area contributed by atoms with E-state index < -0.39 is 0 Å². The standard InChI is InChI=1S/C14H17N3O4S/c1-19-10-6-9(7-11(20-2)13(10)21-3)17-12(18)8-16-14-15-4-5-22-14/h4-7H,8H2,1-3H3,(H,15,16)(H,17,18). The van der Waals surface area contributed by atoms with Gasteiger partial charge in [-0.25, -0.2) is 4.98 Å². The highest BCUT2D eigenvalue weighted by atomic mass is 32.1. The van der Waals surface area contributed by atoms with E-state index in [1.807, 2.05) is 5.38 Å². The number of benzene rings is 1. The number of ether oxygens (including phenoxy) is 3. The maximum atomic E-state index is 12.0. The van der Waals surface area contributed by atoms with E-state index in [4.69, 9.17) is 14.2 Å². The van der Waals surface area contributed by atoms with Gasteiger partial charge in [0.2, 0.25) is 11.7 Å². The zero-order valence-electron chi connectivity index (χ0n) is 12.5. The SMILES string of the molecule is COc1cc(NC(=O)CNc2nccs2)cc(OC)c1OC. The Hall–Kier alpha value is -2.48. The first-order chi connectivity index (χ1) is 10.7. The average Bonchev–Trinajstić information content (AvgIpc) is 3.05. The van der Waals surface area contributed by atoms with E-state index in [1.54, 1.807) is 18.3 Å². The minimum atomic E-state index is -0.204. The van der Waals surface area contributed by atoms with Crippen molar-refractivity contribution in [2.45, 2.75) is 0 Å². The molecule has 2 rings (SSSR count). The van der Waals surface area contributed by atoms with E-state index in [2.05, 4.69) is 15.6 Å². The van der Waals surface area contributed by atoms with E-state index in [1.165, 1.54) is 32.7 Å². The lowest BCUT2D eigenvalue weighted by molar-refractivity contribution is -0.114. The maximum absolute atomic E-state index is 12.0. The molecule has 0 aliphatic carbocycles. The van der Waals surface area contributed by atoms with Crippen molar-refractivity contribution in [2.75, 3.05) is 38.5 Å². The predicted molar refractivity (Wildman–Crippen MR) is 85.3 cm³/mol. The third-order valence-corrected chi connectivity index (χ3v) is 3.51. The van der Waals surface area contributed by atoms with E-state index >= 15 is 0 Å². The summed E-state index contributed by atoms with van der Waals surface area (Å²) in [5, 5.41) is 8.22. The summed E-state index contributed by atoms with van der Waals surface area (Å²) < 4.78 is 15.7. The van der Waals surface area contributed by atoms with Crippen molar-refractivity contribution in [2.24, 2.45) is 0 Å². The monoisotopic (exact) mass is 323 g/mol. The van der Waals surface area contributed by atoms with Crippen molar-refractivity contribution < 1.29 is 19.0 Å². The van der Waals surface area contributed by atoms with Crippen LogP contribution in [-0.4, -0.2) is 38.8 Å². The number of rotatable bonds is 7. The van der Waals surface area contributed by atoms with E-state index in [9.17, 15) is 4.79 Å². The highest BCUT2D eigenvalue weighted by molar-refractivity contribution is 7.13. The summed E-state index contributed by atoms with van der Waals surface area (Å²) in [7, 11) is 4.57. The van der Waals surface area contributed by atoms with E-state index in [0.29, 0.717) is 28.1 Å². The number of nitrogens with zero attached hydrogens (tertiary/aromatic N) is 1. The number of amides is 1. The fourth-order valence-corrected chi connectivity index (χ4v) is 2.35. The van der Waals surface area contributed by atoms with Gasteiger partial charge in [-0.05, 0) is 0 Å². The van der Waals surface area contributed by atoms with Crippen LogP contribution in [-0.2, 0) is 4.79 Å². The number of nitrogens with one attached hydrogen (secondary N) is 2. The lowest BCUT2D eigenvalue weighted by Crippen LogP contribution is -2.21. The van der Waals surface area contributed by atoms with Gasteiger partial charge in [-0.3, -0.25) is 4.79 Å². The molecule has 1 heterocycles. The zero-order valence-corrected chi connectivity index (χ0v) is 13.3. The first-order valence-electron chi connectivity index (χ1n) is 6.41. The number of methoxy groups -OCH3 is 3. The van der Waals surface area contributed by atoms with Crippen LogP contribution in [0.15, 0.2) is 23.7 Å². The van der Waals surface area contributed by atoms with Crippen LogP contribution in [0.5, 0.6) is 17.2 Å². The summed E-state index contributed by atoms with van der Waals surface area (Å²) in [6, 6.07) is 3.34. The molecule has 0 unspecified atom stereocenters. The van der Waals surface area contributed by atoms with Crippen molar-refractivity contribution in [1.82, 2.24) is 4.98 Å². The molecule has 0 aliphatic rings. The Labute approximate surface area is 132 Å². The van der Waals surface area contributed by atoms with Crippen molar-refractivity contribution in [3.8, 4) is 17.2 Å². The van der Waals surface area contributed by atoms with Gasteiger partial charge < -0.3 is 24.8 Å². The van der Waals surface area contributed by atoms with Gasteiger partial charge in [0.05, 0.1) is 27.9 Å². The molecule has 7 nitrogen and oxygen atoms in total. The molecule has 0 saturated carbocycles. The van der Waals surface area contributed by atoms with Crippen molar-refractivity contribution >= 4 is 28.1 Å². The summed E-state index contributed by atoms with van der Waals surface area (Å²) >= 11 is 1.43. The molecule has 2 N–H and O–H groups in total. The first-order valence-corrected chi connectivity index (χ1v) is 7.29. The smallest absolute Gasteiger partial charge is 0.243 e. The molecule has 8 heteroatoms. The Morgan fingerprint density at radius 1 is 1.18 bits per heavy atom. The highest BCUT2D eigenvalue weighted by Crippen LogP contribution is 2.39. The maximum Gasteiger partial charge on any atom is 0.243 e. The number of aromatic nitrogens is 1. The van der Waals surface area contributed by atoms with Gasteiger partial charge in [0, 0.05) is 29.4 Å². The summed E-state index contributed by atoms with van der Waals surface area (Å²) in [6.07, 6.45) is 1.67. The molecular weight excluding hydrogens is 306 g/mol. The number of hydrogen-bond acceptors (Lipinski definition) is 7. The Kier molecular flexibility index (Phi) is 5.42. The summed E-state index contributed by atoms with van der Waals surface area (Å²) in [5.74, 6) is 1.23. The first kappa shape index (κ1) is 15.9. The van der Waals surface area contributed by atoms with Gasteiger partial charge >= 0.3 is 0 Å². The van der Waals surface area contributed by atoms with Gasteiger partial charge in [-0.1, -0.05) is 0 Å². The molecular formula is C14H17N3O4S. The third kappa shape index (κ3) is 3.79. The van der Waals surface area contributed by atoms with Gasteiger partial charge in [0.25, 0.3) is 0 Å². The fourth-order valence-electron chi connectivity index (χ4n) is 1.83. The summed E-state index contributed by atoms with van der Waals surface area (Å²) in [5.41, 5.74) is 0.556. The summed E-state index contributed by atoms with van der Waals surface area (Å²) in [6.45, 7) is 0.115. The second-order valence-electron chi connectivity index (χ2n) is 4.15. The number of hydrogen-bond donors (Lipinski definition) is 2. The Morgan fingerprint density at radius 2 is 1.86 bits per heavy atom. The quantitative estimate of drug-likeness (QED) is 0.813. The summed E-state index contributed by atoms with van der Waals surface area (Å²) in [4.78, 5) is 16.0. The van der Waals surface area contributed by atoms with Crippen LogP contribution in [0, 0.1) is 0 Å². The molecule has 0 fully saturated rings. The fraction of sp³-hybridized carbons (Fsp3) is 0.286. The van der Waals surface area contributed by atoms with Gasteiger partial charge in [0.1, 0.15) is 0 Å². The van der Waals surface area contributed by atoms with Crippen LogP contribution in [0.2, 0.25) is 0 Å². The Balaban J connectivity index is 2.06. The second kappa shape index (κ2) is 7.51. The van der Waals surface area contributed by atoms with Gasteiger partial charge in [-0.15, -0.1) is 11.3 Å². The van der Waals surface area contributed by atoms with Gasteiger partial charge in [0.15, 0.2) is 16.6 Å². The lowest BCUT2D eigenvalue weighted by Gasteiger charge is -2.14. The Morgan fingerprint density at radius 3 is 2.36 bits per heavy atom. The Bertz CT molecular complexity index is 606. The highest BCUT2D eigenvalue weighted by Gasteiger charge is 2.14. The molecule has 0 atom stereocenters. The van der Waals surface area contributed by atoms with Crippen LogP contribution >= 0.6 is 11.3 Å². The lowest BCUT2D eigenvalue weighted by atomic mass is 10.2. The van der Waals surface area contributed by atoms with Crippen LogP contribution < -0.4 is 24.8 Å². The number of carbonyl (C=O) groups is 1. The van der Waals surface area contributed by atoms with Crippen molar-refractivity contribution in [3.63, 3.8) is 0 Å². The van der Waals surface area contributed by atoms with E-state index in [0.717, 1.165) is 0 Å². The molecule has 118 valence electrons. The number of carbonyl (C=O) groups excluding carboxylic acids is 1. The topological polar surface area (TPSA) is 81.7 Å². The molecule has 0 bridgehead atoms. The zero-order chi connectivity index (χ0) is 15.9. The molecule has 0 spiro atoms. The molecule has 1 amide bonds. The van der Waals surface area contributed by atoms with Crippen LogP contribution in [0.3, 0.4) is 0 Å². The molecule has 1 aromatic carbocycles. The predicted octanol–water partition coefficient (Wildman–Crippen LogP) is 2.22. The third-order valence-electron chi connectivity index (χ3n) is 2.78. The number of anilines is 2. The average molecular weight is 323 g/mol. The normalized spacial score (nSPS) is 9.95. The van der Waals surface area contributed by atoms with Gasteiger partial charge in [-0.2, -0.15) is 0 Å².